The summed E-state index contributed by atoms with van der Waals surface area (Å²) in [5, 5.41) is 15.1. The topological polar surface area (TPSA) is 84.2 Å². The highest BCUT2D eigenvalue weighted by atomic mass is 35.5. The summed E-state index contributed by atoms with van der Waals surface area (Å²) in [6.45, 7) is 0. The number of thiazole rings is 1. The smallest absolute Gasteiger partial charge is 0.277 e. The molecule has 180 valence electrons. The van der Waals surface area contributed by atoms with E-state index in [9.17, 15) is 4.79 Å². The molecule has 5 aromatic rings. The zero-order chi connectivity index (χ0) is 24.7. The van der Waals surface area contributed by atoms with Crippen LogP contribution in [0.5, 0.6) is 0 Å². The van der Waals surface area contributed by atoms with Crippen LogP contribution in [-0.2, 0) is 11.2 Å². The third-order valence-corrected chi connectivity index (χ3v) is 6.85. The molecular formula is C26H20ClN5O2S2. The minimum atomic E-state index is -0.0895. The van der Waals surface area contributed by atoms with E-state index in [0.29, 0.717) is 22.6 Å². The van der Waals surface area contributed by atoms with Crippen LogP contribution in [0, 0.1) is 0 Å². The van der Waals surface area contributed by atoms with Crippen molar-refractivity contribution >= 4 is 62.8 Å². The number of anilines is 4. The summed E-state index contributed by atoms with van der Waals surface area (Å²) >= 11 is 8.73. The molecule has 0 unspecified atom stereocenters. The molecule has 0 fully saturated rings. The molecule has 7 nitrogen and oxygen atoms in total. The maximum Gasteiger partial charge on any atom is 0.277 e. The molecule has 36 heavy (non-hydrogen) atoms. The van der Waals surface area contributed by atoms with Gasteiger partial charge in [-0.2, -0.15) is 0 Å². The third kappa shape index (κ3) is 6.12. The van der Waals surface area contributed by atoms with Crippen molar-refractivity contribution < 1.29 is 9.21 Å². The highest BCUT2D eigenvalue weighted by Crippen LogP contribution is 2.28. The van der Waals surface area contributed by atoms with Crippen LogP contribution in [0.25, 0.3) is 0 Å². The Hall–Kier alpha value is -3.66. The fraction of sp³-hybridized carbons (Fsp3) is 0.0769. The molecule has 0 aliphatic carbocycles. The van der Waals surface area contributed by atoms with Crippen molar-refractivity contribution in [2.24, 2.45) is 0 Å². The number of carbonyl (C=O) groups is 1. The van der Waals surface area contributed by atoms with E-state index in [0.717, 1.165) is 27.9 Å². The standard InChI is InChI=1S/C26H20ClN5O2S2/c27-18-8-7-9-19(14-18)28-25-29-20(16-35-25)15-23-30-31-26(34-23)36-17-24(33)32(21-10-3-1-4-11-21)22-12-5-2-6-13-22/h1-14,16H,15,17H2,(H,28,29). The van der Waals surface area contributed by atoms with Gasteiger partial charge < -0.3 is 9.73 Å². The van der Waals surface area contributed by atoms with Gasteiger partial charge in [0.2, 0.25) is 11.8 Å². The number of hydrogen-bond donors (Lipinski definition) is 1. The lowest BCUT2D eigenvalue weighted by atomic mass is 10.2. The van der Waals surface area contributed by atoms with Crippen molar-refractivity contribution in [1.29, 1.82) is 0 Å². The molecule has 0 radical (unpaired) electrons. The third-order valence-electron chi connectivity index (χ3n) is 5.01. The fourth-order valence-electron chi connectivity index (χ4n) is 3.44. The van der Waals surface area contributed by atoms with Gasteiger partial charge in [-0.25, -0.2) is 4.98 Å². The summed E-state index contributed by atoms with van der Waals surface area (Å²) in [4.78, 5) is 19.4. The number of nitrogens with zero attached hydrogens (tertiary/aromatic N) is 4. The van der Waals surface area contributed by atoms with Crippen molar-refractivity contribution in [3.05, 3.63) is 107 Å². The van der Waals surface area contributed by atoms with Crippen molar-refractivity contribution in [1.82, 2.24) is 15.2 Å². The van der Waals surface area contributed by atoms with Gasteiger partial charge in [-0.3, -0.25) is 9.69 Å². The predicted molar refractivity (Wildman–Crippen MR) is 145 cm³/mol. The van der Waals surface area contributed by atoms with Gasteiger partial charge in [-0.1, -0.05) is 65.8 Å². The maximum atomic E-state index is 13.2. The van der Waals surface area contributed by atoms with Gasteiger partial charge in [0.1, 0.15) is 0 Å². The molecule has 2 heterocycles. The molecule has 2 aromatic heterocycles. The zero-order valence-corrected chi connectivity index (χ0v) is 21.3. The number of rotatable bonds is 9. The van der Waals surface area contributed by atoms with Crippen LogP contribution < -0.4 is 10.2 Å². The number of nitrogens with one attached hydrogen (secondary N) is 1. The predicted octanol–water partition coefficient (Wildman–Crippen LogP) is 6.97. The van der Waals surface area contributed by atoms with Crippen LogP contribution >= 0.6 is 34.7 Å². The molecule has 0 saturated carbocycles. The average molecular weight is 534 g/mol. The maximum absolute atomic E-state index is 13.2. The second-order valence-electron chi connectivity index (χ2n) is 7.61. The van der Waals surface area contributed by atoms with E-state index in [-0.39, 0.29) is 11.7 Å². The number of para-hydroxylation sites is 2. The molecule has 10 heteroatoms. The second-order valence-corrected chi connectivity index (χ2v) is 9.83. The van der Waals surface area contributed by atoms with E-state index in [4.69, 9.17) is 16.0 Å². The Bertz CT molecular complexity index is 1400. The Morgan fingerprint density at radius 3 is 2.39 bits per heavy atom. The van der Waals surface area contributed by atoms with Crippen LogP contribution in [0.4, 0.5) is 22.2 Å². The van der Waals surface area contributed by atoms with Gasteiger partial charge in [0.05, 0.1) is 17.9 Å². The Labute approximate surface area is 221 Å². The molecular weight excluding hydrogens is 514 g/mol. The van der Waals surface area contributed by atoms with Crippen LogP contribution in [0.1, 0.15) is 11.6 Å². The van der Waals surface area contributed by atoms with Gasteiger partial charge >= 0.3 is 0 Å². The zero-order valence-electron chi connectivity index (χ0n) is 18.9. The number of amides is 1. The number of carbonyl (C=O) groups excluding carboxylic acids is 1. The van der Waals surface area contributed by atoms with Crippen LogP contribution in [-0.4, -0.2) is 26.8 Å². The van der Waals surface area contributed by atoms with E-state index in [1.165, 1.54) is 23.1 Å². The molecule has 3 aromatic carbocycles. The highest BCUT2D eigenvalue weighted by molar-refractivity contribution is 7.99. The highest BCUT2D eigenvalue weighted by Gasteiger charge is 2.19. The van der Waals surface area contributed by atoms with Crippen molar-refractivity contribution in [3.8, 4) is 0 Å². The Morgan fingerprint density at radius 2 is 1.69 bits per heavy atom. The normalized spacial score (nSPS) is 10.8. The van der Waals surface area contributed by atoms with Gasteiger partial charge in [-0.05, 0) is 42.5 Å². The van der Waals surface area contributed by atoms with Gasteiger partial charge in [-0.15, -0.1) is 21.5 Å². The number of benzene rings is 3. The molecule has 0 atom stereocenters. The van der Waals surface area contributed by atoms with Gasteiger partial charge in [0.25, 0.3) is 5.22 Å². The first-order valence-corrected chi connectivity index (χ1v) is 13.2. The fourth-order valence-corrected chi connectivity index (χ4v) is 4.99. The van der Waals surface area contributed by atoms with Gasteiger partial charge in [0, 0.05) is 27.5 Å². The summed E-state index contributed by atoms with van der Waals surface area (Å²) in [7, 11) is 0. The first kappa shape index (κ1) is 24.1. The van der Waals surface area contributed by atoms with Crippen LogP contribution in [0.3, 0.4) is 0 Å². The summed E-state index contributed by atoms with van der Waals surface area (Å²) < 4.78 is 5.77. The first-order chi connectivity index (χ1) is 17.6. The largest absolute Gasteiger partial charge is 0.416 e. The summed E-state index contributed by atoms with van der Waals surface area (Å²) in [5.74, 6) is 0.497. The van der Waals surface area contributed by atoms with Crippen LogP contribution in [0.2, 0.25) is 5.02 Å². The molecule has 0 saturated heterocycles. The van der Waals surface area contributed by atoms with Crippen molar-refractivity contribution in [2.45, 2.75) is 11.6 Å². The van der Waals surface area contributed by atoms with E-state index >= 15 is 0 Å². The van der Waals surface area contributed by atoms with E-state index in [2.05, 4.69) is 20.5 Å². The summed E-state index contributed by atoms with van der Waals surface area (Å²) in [6, 6.07) is 26.5. The minimum absolute atomic E-state index is 0.0895. The summed E-state index contributed by atoms with van der Waals surface area (Å²) in [5.41, 5.74) is 3.27. The second kappa shape index (κ2) is 11.4. The lowest BCUT2D eigenvalue weighted by Crippen LogP contribution is -2.27. The lowest BCUT2D eigenvalue weighted by Gasteiger charge is -2.22. The monoisotopic (exact) mass is 533 g/mol. The molecule has 0 aliphatic heterocycles. The number of thioether (sulfide) groups is 1. The number of aromatic nitrogens is 3. The van der Waals surface area contributed by atoms with E-state index in [1.807, 2.05) is 90.3 Å². The molecule has 1 N–H and O–H groups in total. The number of halogens is 1. The Morgan fingerprint density at radius 1 is 0.972 bits per heavy atom. The quantitative estimate of drug-likeness (QED) is 0.205. The van der Waals surface area contributed by atoms with Crippen molar-refractivity contribution in [3.63, 3.8) is 0 Å². The van der Waals surface area contributed by atoms with Crippen LogP contribution in [0.15, 0.2) is 99.9 Å². The summed E-state index contributed by atoms with van der Waals surface area (Å²) in [6.07, 6.45) is 0.398. The first-order valence-electron chi connectivity index (χ1n) is 11.0. The molecule has 0 aliphatic rings. The van der Waals surface area contributed by atoms with E-state index in [1.54, 1.807) is 4.90 Å². The van der Waals surface area contributed by atoms with Gasteiger partial charge in [0.15, 0.2) is 5.13 Å². The van der Waals surface area contributed by atoms with Crippen molar-refractivity contribution in [2.75, 3.05) is 16.0 Å². The minimum Gasteiger partial charge on any atom is -0.416 e. The molecule has 0 spiro atoms. The Kier molecular flexibility index (Phi) is 7.61. The average Bonchev–Trinajstić information content (AvgIpc) is 3.53. The molecule has 5 rings (SSSR count). The SMILES string of the molecule is O=C(CSc1nnc(Cc2csc(Nc3cccc(Cl)c3)n2)o1)N(c1ccccc1)c1ccccc1. The Balaban J connectivity index is 1.21. The number of hydrogen-bond acceptors (Lipinski definition) is 8. The van der Waals surface area contributed by atoms with E-state index < -0.39 is 0 Å². The molecule has 0 bridgehead atoms. The molecule has 1 amide bonds. The lowest BCUT2D eigenvalue weighted by molar-refractivity contribution is -0.115.